The standard InChI is InChI=1S/C14H21N5O/c1-3-14(4-2,9-15)10-17-13(20)11-7-18-19-6-5-16-8-12(11)19/h5-8H,3-4,9-10,15H2,1-2H3,(H,17,20). The lowest BCUT2D eigenvalue weighted by atomic mass is 9.82. The van der Waals surface area contributed by atoms with Crippen LogP contribution in [-0.4, -0.2) is 33.6 Å². The van der Waals surface area contributed by atoms with Crippen molar-refractivity contribution in [3.8, 4) is 0 Å². The number of hydrogen-bond acceptors (Lipinski definition) is 4. The molecule has 0 aliphatic heterocycles. The predicted molar refractivity (Wildman–Crippen MR) is 77.4 cm³/mol. The zero-order valence-corrected chi connectivity index (χ0v) is 12.0. The lowest BCUT2D eigenvalue weighted by Crippen LogP contribution is -2.41. The number of fused-ring (bicyclic) bond motifs is 1. The first-order valence-electron chi connectivity index (χ1n) is 6.91. The minimum atomic E-state index is -0.132. The highest BCUT2D eigenvalue weighted by molar-refractivity contribution is 6.00. The van der Waals surface area contributed by atoms with E-state index in [1.54, 1.807) is 29.3 Å². The van der Waals surface area contributed by atoms with Crippen molar-refractivity contribution in [2.75, 3.05) is 13.1 Å². The van der Waals surface area contributed by atoms with Gasteiger partial charge in [-0.05, 0) is 24.8 Å². The third-order valence-electron chi connectivity index (χ3n) is 4.13. The molecular weight excluding hydrogens is 254 g/mol. The highest BCUT2D eigenvalue weighted by Gasteiger charge is 2.25. The van der Waals surface area contributed by atoms with Crippen LogP contribution < -0.4 is 11.1 Å². The van der Waals surface area contributed by atoms with Crippen molar-refractivity contribution in [2.45, 2.75) is 26.7 Å². The molecule has 0 aliphatic rings. The van der Waals surface area contributed by atoms with Gasteiger partial charge in [-0.3, -0.25) is 9.78 Å². The molecule has 0 saturated carbocycles. The number of amides is 1. The monoisotopic (exact) mass is 275 g/mol. The van der Waals surface area contributed by atoms with E-state index in [0.717, 1.165) is 12.8 Å². The molecule has 6 heteroatoms. The number of nitrogens with two attached hydrogens (primary N) is 1. The van der Waals surface area contributed by atoms with Gasteiger partial charge in [0.2, 0.25) is 0 Å². The van der Waals surface area contributed by atoms with Crippen LogP contribution in [0.15, 0.2) is 24.8 Å². The van der Waals surface area contributed by atoms with Crippen LogP contribution in [0.3, 0.4) is 0 Å². The Morgan fingerprint density at radius 2 is 2.15 bits per heavy atom. The van der Waals surface area contributed by atoms with Crippen LogP contribution in [0.2, 0.25) is 0 Å². The predicted octanol–water partition coefficient (Wildman–Crippen LogP) is 1.22. The van der Waals surface area contributed by atoms with E-state index >= 15 is 0 Å². The van der Waals surface area contributed by atoms with Crippen molar-refractivity contribution >= 4 is 11.4 Å². The Kier molecular flexibility index (Phi) is 4.34. The molecule has 0 radical (unpaired) electrons. The van der Waals surface area contributed by atoms with Crippen LogP contribution in [-0.2, 0) is 0 Å². The zero-order valence-electron chi connectivity index (χ0n) is 12.0. The largest absolute Gasteiger partial charge is 0.351 e. The maximum Gasteiger partial charge on any atom is 0.255 e. The Morgan fingerprint density at radius 1 is 1.40 bits per heavy atom. The van der Waals surface area contributed by atoms with Crippen LogP contribution >= 0.6 is 0 Å². The van der Waals surface area contributed by atoms with E-state index in [1.165, 1.54) is 0 Å². The van der Waals surface area contributed by atoms with Crippen molar-refractivity contribution in [1.29, 1.82) is 0 Å². The molecule has 0 atom stereocenters. The first kappa shape index (κ1) is 14.5. The molecule has 0 aromatic carbocycles. The highest BCUT2D eigenvalue weighted by atomic mass is 16.1. The van der Waals surface area contributed by atoms with Gasteiger partial charge in [0.15, 0.2) is 0 Å². The van der Waals surface area contributed by atoms with Crippen molar-refractivity contribution in [1.82, 2.24) is 19.9 Å². The summed E-state index contributed by atoms with van der Waals surface area (Å²) in [6.45, 7) is 5.34. The average molecular weight is 275 g/mol. The van der Waals surface area contributed by atoms with E-state index in [9.17, 15) is 4.79 Å². The quantitative estimate of drug-likeness (QED) is 0.830. The molecule has 2 aromatic heterocycles. The number of rotatable bonds is 6. The van der Waals surface area contributed by atoms with Gasteiger partial charge in [0.1, 0.15) is 0 Å². The molecule has 1 amide bonds. The highest BCUT2D eigenvalue weighted by Crippen LogP contribution is 2.23. The summed E-state index contributed by atoms with van der Waals surface area (Å²) >= 11 is 0. The van der Waals surface area contributed by atoms with Crippen molar-refractivity contribution < 1.29 is 4.79 Å². The van der Waals surface area contributed by atoms with Gasteiger partial charge >= 0.3 is 0 Å². The molecule has 0 bridgehead atoms. The molecule has 20 heavy (non-hydrogen) atoms. The second-order valence-corrected chi connectivity index (χ2v) is 5.06. The number of nitrogens with one attached hydrogen (secondary N) is 1. The lowest BCUT2D eigenvalue weighted by molar-refractivity contribution is 0.0929. The van der Waals surface area contributed by atoms with E-state index < -0.39 is 0 Å². The third-order valence-corrected chi connectivity index (χ3v) is 4.13. The maximum absolute atomic E-state index is 12.3. The van der Waals surface area contributed by atoms with Gasteiger partial charge in [-0.25, -0.2) is 4.52 Å². The summed E-state index contributed by atoms with van der Waals surface area (Å²) in [5.74, 6) is -0.132. The molecule has 0 fully saturated rings. The van der Waals surface area contributed by atoms with Crippen LogP contribution in [0.1, 0.15) is 37.0 Å². The molecular formula is C14H21N5O. The molecule has 0 aliphatic carbocycles. The van der Waals surface area contributed by atoms with Gasteiger partial charge in [-0.2, -0.15) is 5.10 Å². The number of hydrogen-bond donors (Lipinski definition) is 2. The Labute approximate surface area is 118 Å². The topological polar surface area (TPSA) is 85.3 Å². The lowest BCUT2D eigenvalue weighted by Gasteiger charge is -2.30. The van der Waals surface area contributed by atoms with Crippen molar-refractivity contribution in [2.24, 2.45) is 11.1 Å². The van der Waals surface area contributed by atoms with Gasteiger partial charge in [0.25, 0.3) is 5.91 Å². The Morgan fingerprint density at radius 3 is 2.80 bits per heavy atom. The van der Waals surface area contributed by atoms with Crippen LogP contribution in [0.25, 0.3) is 5.52 Å². The van der Waals surface area contributed by atoms with E-state index in [1.807, 2.05) is 0 Å². The number of carbonyl (C=O) groups is 1. The smallest absolute Gasteiger partial charge is 0.255 e. The van der Waals surface area contributed by atoms with Gasteiger partial charge in [0.05, 0.1) is 23.5 Å². The summed E-state index contributed by atoms with van der Waals surface area (Å²) in [7, 11) is 0. The van der Waals surface area contributed by atoms with E-state index in [-0.39, 0.29) is 11.3 Å². The Bertz CT molecular complexity index is 580. The maximum atomic E-state index is 12.3. The van der Waals surface area contributed by atoms with Crippen LogP contribution in [0.5, 0.6) is 0 Å². The third kappa shape index (κ3) is 2.65. The molecule has 3 N–H and O–H groups in total. The fourth-order valence-corrected chi connectivity index (χ4v) is 2.23. The Hall–Kier alpha value is -1.95. The van der Waals surface area contributed by atoms with Crippen LogP contribution in [0.4, 0.5) is 0 Å². The molecule has 0 saturated heterocycles. The SMILES string of the molecule is CCC(CC)(CN)CNC(=O)c1cnn2ccncc12. The second kappa shape index (κ2) is 6.00. The minimum absolute atomic E-state index is 0.0309. The minimum Gasteiger partial charge on any atom is -0.351 e. The molecule has 0 unspecified atom stereocenters. The Balaban J connectivity index is 2.13. The fourth-order valence-electron chi connectivity index (χ4n) is 2.23. The second-order valence-electron chi connectivity index (χ2n) is 5.06. The number of nitrogens with zero attached hydrogens (tertiary/aromatic N) is 3. The normalized spacial score (nSPS) is 11.8. The van der Waals surface area contributed by atoms with Gasteiger partial charge in [-0.15, -0.1) is 0 Å². The van der Waals surface area contributed by atoms with Gasteiger partial charge in [-0.1, -0.05) is 13.8 Å². The summed E-state index contributed by atoms with van der Waals surface area (Å²) in [6.07, 6.45) is 8.43. The number of carbonyl (C=O) groups excluding carboxylic acids is 1. The zero-order chi connectivity index (χ0) is 14.6. The summed E-state index contributed by atoms with van der Waals surface area (Å²) in [6, 6.07) is 0. The van der Waals surface area contributed by atoms with Crippen LogP contribution in [0, 0.1) is 5.41 Å². The average Bonchev–Trinajstić information content (AvgIpc) is 2.93. The van der Waals surface area contributed by atoms with Gasteiger partial charge < -0.3 is 11.1 Å². The summed E-state index contributed by atoms with van der Waals surface area (Å²) in [5.41, 5.74) is 7.06. The van der Waals surface area contributed by atoms with E-state index in [0.29, 0.717) is 24.2 Å². The first-order valence-corrected chi connectivity index (χ1v) is 6.91. The first-order chi connectivity index (χ1) is 9.65. The summed E-state index contributed by atoms with van der Waals surface area (Å²) in [5, 5.41) is 7.11. The molecule has 0 spiro atoms. The molecule has 2 aromatic rings. The summed E-state index contributed by atoms with van der Waals surface area (Å²) < 4.78 is 1.64. The molecule has 2 rings (SSSR count). The number of aromatic nitrogens is 3. The molecule has 2 heterocycles. The molecule has 6 nitrogen and oxygen atoms in total. The summed E-state index contributed by atoms with van der Waals surface area (Å²) in [4.78, 5) is 16.3. The van der Waals surface area contributed by atoms with Crippen molar-refractivity contribution in [3.05, 3.63) is 30.4 Å². The van der Waals surface area contributed by atoms with E-state index in [4.69, 9.17) is 5.73 Å². The van der Waals surface area contributed by atoms with E-state index in [2.05, 4.69) is 29.2 Å². The molecule has 108 valence electrons. The van der Waals surface area contributed by atoms with Crippen molar-refractivity contribution in [3.63, 3.8) is 0 Å². The fraction of sp³-hybridized carbons (Fsp3) is 0.500. The van der Waals surface area contributed by atoms with Gasteiger partial charge in [0, 0.05) is 18.9 Å².